The second kappa shape index (κ2) is 7.40. The highest BCUT2D eigenvalue weighted by molar-refractivity contribution is 7.99. The molecule has 1 amide bonds. The predicted molar refractivity (Wildman–Crippen MR) is 75.2 cm³/mol. The number of hydrogen-bond donors (Lipinski definition) is 1. The van der Waals surface area contributed by atoms with Gasteiger partial charge in [0, 0.05) is 10.6 Å². The first-order valence-electron chi connectivity index (χ1n) is 6.56. The van der Waals surface area contributed by atoms with Crippen molar-refractivity contribution in [1.82, 2.24) is 0 Å². The molecular formula is C14H15F2NO3S. The summed E-state index contributed by atoms with van der Waals surface area (Å²) in [6.07, 6.45) is 2.67. The average Bonchev–Trinajstić information content (AvgIpc) is 2.36. The Morgan fingerprint density at radius 1 is 1.29 bits per heavy atom. The smallest absolute Gasteiger partial charge is 0.309 e. The van der Waals surface area contributed by atoms with Gasteiger partial charge in [-0.15, -0.1) is 0 Å². The Bertz CT molecular complexity index is 503. The van der Waals surface area contributed by atoms with Crippen LogP contribution in [0.15, 0.2) is 29.2 Å². The molecule has 1 aromatic carbocycles. The number of carbonyl (C=O) groups is 2. The van der Waals surface area contributed by atoms with Crippen LogP contribution in [0.4, 0.5) is 14.5 Å². The number of nitrogens with one attached hydrogen (secondary N) is 1. The van der Waals surface area contributed by atoms with Gasteiger partial charge in [-0.3, -0.25) is 9.59 Å². The summed E-state index contributed by atoms with van der Waals surface area (Å²) in [7, 11) is 0. The summed E-state index contributed by atoms with van der Waals surface area (Å²) in [4.78, 5) is 23.5. The van der Waals surface area contributed by atoms with E-state index in [1.807, 2.05) is 0 Å². The molecular weight excluding hydrogens is 300 g/mol. The van der Waals surface area contributed by atoms with Crippen LogP contribution in [0.1, 0.15) is 19.3 Å². The van der Waals surface area contributed by atoms with Gasteiger partial charge in [0.05, 0.1) is 5.92 Å². The molecule has 21 heavy (non-hydrogen) atoms. The van der Waals surface area contributed by atoms with Crippen molar-refractivity contribution in [2.24, 2.45) is 5.92 Å². The Balaban J connectivity index is 1.75. The Hall–Kier alpha value is -1.63. The highest BCUT2D eigenvalue weighted by Gasteiger charge is 2.27. The van der Waals surface area contributed by atoms with E-state index in [0.717, 1.165) is 19.3 Å². The van der Waals surface area contributed by atoms with Gasteiger partial charge in [0.25, 0.3) is 11.7 Å². The number of carbonyl (C=O) groups excluding carboxylic acids is 2. The van der Waals surface area contributed by atoms with E-state index in [9.17, 15) is 18.4 Å². The molecule has 114 valence electrons. The molecule has 0 unspecified atom stereocenters. The molecule has 1 N–H and O–H groups in total. The molecule has 2 rings (SSSR count). The van der Waals surface area contributed by atoms with Crippen molar-refractivity contribution in [3.8, 4) is 0 Å². The number of alkyl halides is 2. The molecule has 1 fully saturated rings. The van der Waals surface area contributed by atoms with Gasteiger partial charge in [0.1, 0.15) is 0 Å². The first-order chi connectivity index (χ1) is 10.0. The minimum Gasteiger partial charge on any atom is -0.455 e. The summed E-state index contributed by atoms with van der Waals surface area (Å²) in [5, 5.41) is 2.54. The fraction of sp³-hybridized carbons (Fsp3) is 0.429. The molecule has 1 aliphatic carbocycles. The van der Waals surface area contributed by atoms with E-state index in [1.165, 1.54) is 24.3 Å². The number of thioether (sulfide) groups is 1. The van der Waals surface area contributed by atoms with E-state index in [-0.39, 0.29) is 18.5 Å². The van der Waals surface area contributed by atoms with Crippen molar-refractivity contribution in [2.75, 3.05) is 11.9 Å². The third-order valence-electron chi connectivity index (χ3n) is 3.15. The highest BCUT2D eigenvalue weighted by atomic mass is 32.2. The van der Waals surface area contributed by atoms with E-state index in [0.29, 0.717) is 22.3 Å². The lowest BCUT2D eigenvalue weighted by molar-refractivity contribution is -0.154. The first-order valence-corrected chi connectivity index (χ1v) is 7.44. The van der Waals surface area contributed by atoms with Crippen LogP contribution in [0.25, 0.3) is 0 Å². The molecule has 0 spiro atoms. The van der Waals surface area contributed by atoms with Crippen molar-refractivity contribution in [2.45, 2.75) is 29.9 Å². The second-order valence-electron chi connectivity index (χ2n) is 4.69. The number of rotatable bonds is 6. The normalized spacial score (nSPS) is 14.6. The SMILES string of the molecule is O=C(COC(=O)C1CCC1)Nc1ccc(SC(F)F)cc1. The van der Waals surface area contributed by atoms with Crippen molar-refractivity contribution < 1.29 is 23.1 Å². The Kier molecular flexibility index (Phi) is 5.55. The lowest BCUT2D eigenvalue weighted by Gasteiger charge is -2.22. The molecule has 1 saturated carbocycles. The van der Waals surface area contributed by atoms with Gasteiger partial charge in [0.15, 0.2) is 6.61 Å². The number of benzene rings is 1. The van der Waals surface area contributed by atoms with Crippen molar-refractivity contribution in [1.29, 1.82) is 0 Å². The number of anilines is 1. The molecule has 1 aromatic rings. The largest absolute Gasteiger partial charge is 0.455 e. The number of halogens is 2. The lowest BCUT2D eigenvalue weighted by atomic mass is 9.86. The quantitative estimate of drug-likeness (QED) is 0.646. The predicted octanol–water partition coefficient (Wildman–Crippen LogP) is 3.28. The second-order valence-corrected chi connectivity index (χ2v) is 5.75. The molecule has 0 heterocycles. The summed E-state index contributed by atoms with van der Waals surface area (Å²) < 4.78 is 29.2. The summed E-state index contributed by atoms with van der Waals surface area (Å²) in [6.45, 7) is -0.330. The van der Waals surface area contributed by atoms with Crippen molar-refractivity contribution in [3.05, 3.63) is 24.3 Å². The number of amides is 1. The first kappa shape index (κ1) is 15.8. The maximum atomic E-state index is 12.2. The van der Waals surface area contributed by atoms with Crippen LogP contribution in [0.5, 0.6) is 0 Å². The summed E-state index contributed by atoms with van der Waals surface area (Å²) >= 11 is 0.437. The van der Waals surface area contributed by atoms with E-state index >= 15 is 0 Å². The van der Waals surface area contributed by atoms with Crippen LogP contribution in [0.3, 0.4) is 0 Å². The van der Waals surface area contributed by atoms with E-state index < -0.39 is 11.7 Å². The molecule has 0 radical (unpaired) electrons. The van der Waals surface area contributed by atoms with Gasteiger partial charge in [-0.05, 0) is 37.1 Å². The summed E-state index contributed by atoms with van der Waals surface area (Å²) in [5.74, 6) is -3.32. The molecule has 0 saturated heterocycles. The third kappa shape index (κ3) is 5.00. The number of esters is 1. The van der Waals surface area contributed by atoms with Gasteiger partial charge in [0.2, 0.25) is 0 Å². The van der Waals surface area contributed by atoms with Gasteiger partial charge in [-0.2, -0.15) is 8.78 Å². The summed E-state index contributed by atoms with van der Waals surface area (Å²) in [5.41, 5.74) is 0.471. The minimum atomic E-state index is -2.48. The average molecular weight is 315 g/mol. The highest BCUT2D eigenvalue weighted by Crippen LogP contribution is 2.27. The van der Waals surface area contributed by atoms with Gasteiger partial charge >= 0.3 is 5.97 Å². The zero-order valence-electron chi connectivity index (χ0n) is 11.2. The molecule has 0 aliphatic heterocycles. The molecule has 0 bridgehead atoms. The molecule has 7 heteroatoms. The van der Waals surface area contributed by atoms with Crippen LogP contribution >= 0.6 is 11.8 Å². The van der Waals surface area contributed by atoms with Crippen molar-refractivity contribution >= 4 is 29.3 Å². The van der Waals surface area contributed by atoms with E-state index in [4.69, 9.17) is 4.74 Å². The van der Waals surface area contributed by atoms with Gasteiger partial charge < -0.3 is 10.1 Å². The van der Waals surface area contributed by atoms with E-state index in [1.54, 1.807) is 0 Å². The Morgan fingerprint density at radius 2 is 1.95 bits per heavy atom. The standard InChI is InChI=1S/C14H15F2NO3S/c15-14(16)21-11-6-4-10(5-7-11)17-12(18)8-20-13(19)9-2-1-3-9/h4-7,9,14H,1-3,8H2,(H,17,18). The monoisotopic (exact) mass is 315 g/mol. The van der Waals surface area contributed by atoms with Gasteiger partial charge in [-0.25, -0.2) is 0 Å². The van der Waals surface area contributed by atoms with Crippen LogP contribution in [0.2, 0.25) is 0 Å². The zero-order valence-corrected chi connectivity index (χ0v) is 12.0. The van der Waals surface area contributed by atoms with Crippen LogP contribution in [0, 0.1) is 5.92 Å². The van der Waals surface area contributed by atoms with E-state index in [2.05, 4.69) is 5.32 Å². The molecule has 1 aliphatic rings. The summed E-state index contributed by atoms with van der Waals surface area (Å²) in [6, 6.07) is 6.03. The molecule has 0 atom stereocenters. The molecule has 0 aromatic heterocycles. The topological polar surface area (TPSA) is 55.4 Å². The van der Waals surface area contributed by atoms with Crippen LogP contribution in [-0.2, 0) is 14.3 Å². The maximum Gasteiger partial charge on any atom is 0.309 e. The Labute approximate surface area is 125 Å². The maximum absolute atomic E-state index is 12.2. The fourth-order valence-electron chi connectivity index (χ4n) is 1.82. The van der Waals surface area contributed by atoms with Crippen LogP contribution < -0.4 is 5.32 Å². The van der Waals surface area contributed by atoms with Crippen molar-refractivity contribution in [3.63, 3.8) is 0 Å². The minimum absolute atomic E-state index is 0.0662. The fourth-order valence-corrected chi connectivity index (χ4v) is 2.31. The zero-order chi connectivity index (χ0) is 15.2. The number of hydrogen-bond acceptors (Lipinski definition) is 4. The third-order valence-corrected chi connectivity index (χ3v) is 3.87. The molecule has 4 nitrogen and oxygen atoms in total. The lowest BCUT2D eigenvalue weighted by Crippen LogP contribution is -2.28. The Morgan fingerprint density at radius 3 is 2.48 bits per heavy atom. The number of ether oxygens (including phenoxy) is 1. The van der Waals surface area contributed by atoms with Crippen LogP contribution in [-0.4, -0.2) is 24.2 Å². The van der Waals surface area contributed by atoms with Gasteiger partial charge in [-0.1, -0.05) is 18.2 Å².